The second-order valence-electron chi connectivity index (χ2n) is 5.37. The first-order valence-electron chi connectivity index (χ1n) is 7.47. The van der Waals surface area contributed by atoms with Crippen LogP contribution in [0.1, 0.15) is 37.3 Å². The van der Waals surface area contributed by atoms with Gasteiger partial charge in [0.15, 0.2) is 5.78 Å². The van der Waals surface area contributed by atoms with Crippen molar-refractivity contribution < 1.29 is 9.53 Å². The summed E-state index contributed by atoms with van der Waals surface area (Å²) in [7, 11) is 0. The number of ether oxygens (including phenoxy) is 1. The van der Waals surface area contributed by atoms with Crippen LogP contribution >= 0.6 is 0 Å². The van der Waals surface area contributed by atoms with Crippen molar-refractivity contribution in [1.29, 1.82) is 0 Å². The van der Waals surface area contributed by atoms with Gasteiger partial charge >= 0.3 is 0 Å². The molecule has 0 spiro atoms. The van der Waals surface area contributed by atoms with E-state index in [0.717, 1.165) is 17.7 Å². The lowest BCUT2D eigenvalue weighted by Gasteiger charge is -2.10. The van der Waals surface area contributed by atoms with E-state index in [4.69, 9.17) is 4.74 Å². The van der Waals surface area contributed by atoms with Crippen LogP contribution in [-0.2, 0) is 11.2 Å². The summed E-state index contributed by atoms with van der Waals surface area (Å²) < 4.78 is 5.56. The third kappa shape index (κ3) is 4.75. The fraction of sp³-hybridized carbons (Fsp3) is 0.316. The topological polar surface area (TPSA) is 26.3 Å². The van der Waals surface area contributed by atoms with E-state index in [1.54, 1.807) is 0 Å². The van der Waals surface area contributed by atoms with Crippen molar-refractivity contribution in [2.45, 2.75) is 32.6 Å². The molecule has 0 radical (unpaired) electrons. The van der Waals surface area contributed by atoms with E-state index in [1.165, 1.54) is 5.56 Å². The minimum atomic E-state index is 0.0900. The summed E-state index contributed by atoms with van der Waals surface area (Å²) in [6, 6.07) is 17.8. The molecule has 0 aliphatic rings. The number of ketones is 1. The van der Waals surface area contributed by atoms with E-state index in [2.05, 4.69) is 26.0 Å². The van der Waals surface area contributed by atoms with Gasteiger partial charge in [0.2, 0.25) is 0 Å². The summed E-state index contributed by atoms with van der Waals surface area (Å²) in [5.74, 6) is 1.40. The number of hydrogen-bond acceptors (Lipinski definition) is 2. The number of benzene rings is 2. The van der Waals surface area contributed by atoms with Gasteiger partial charge in [-0.15, -0.1) is 0 Å². The predicted molar refractivity (Wildman–Crippen MR) is 85.8 cm³/mol. The lowest BCUT2D eigenvalue weighted by atomic mass is 9.99. The molecule has 0 saturated heterocycles. The SMILES string of the molecule is CCC(C)c1ccc(OCC(=O)Cc2ccccc2)cc1. The first kappa shape index (κ1) is 15.3. The quantitative estimate of drug-likeness (QED) is 0.752. The van der Waals surface area contributed by atoms with Gasteiger partial charge < -0.3 is 4.74 Å². The van der Waals surface area contributed by atoms with Crippen LogP contribution in [0.4, 0.5) is 0 Å². The van der Waals surface area contributed by atoms with Crippen LogP contribution < -0.4 is 4.74 Å². The zero-order chi connectivity index (χ0) is 15.1. The molecule has 1 unspecified atom stereocenters. The lowest BCUT2D eigenvalue weighted by Crippen LogP contribution is -2.13. The van der Waals surface area contributed by atoms with Gasteiger partial charge in [0, 0.05) is 6.42 Å². The molecule has 0 aliphatic heterocycles. The maximum Gasteiger partial charge on any atom is 0.174 e. The smallest absolute Gasteiger partial charge is 0.174 e. The molecule has 0 saturated carbocycles. The van der Waals surface area contributed by atoms with Gasteiger partial charge in [0.05, 0.1) is 0 Å². The molecule has 21 heavy (non-hydrogen) atoms. The second-order valence-corrected chi connectivity index (χ2v) is 5.37. The van der Waals surface area contributed by atoms with E-state index in [0.29, 0.717) is 12.3 Å². The predicted octanol–water partition coefficient (Wildman–Crippen LogP) is 4.39. The molecule has 0 amide bonds. The van der Waals surface area contributed by atoms with Crippen molar-refractivity contribution in [3.05, 3.63) is 65.7 Å². The highest BCUT2D eigenvalue weighted by Gasteiger charge is 2.06. The largest absolute Gasteiger partial charge is 0.486 e. The molecule has 110 valence electrons. The summed E-state index contributed by atoms with van der Waals surface area (Å²) in [5, 5.41) is 0. The fourth-order valence-electron chi connectivity index (χ4n) is 2.17. The number of Topliss-reactive ketones (excluding diaryl/α,β-unsaturated/α-hetero) is 1. The molecular weight excluding hydrogens is 260 g/mol. The van der Waals surface area contributed by atoms with Gasteiger partial charge in [-0.3, -0.25) is 4.79 Å². The van der Waals surface area contributed by atoms with E-state index >= 15 is 0 Å². The van der Waals surface area contributed by atoms with E-state index in [9.17, 15) is 4.79 Å². The van der Waals surface area contributed by atoms with E-state index < -0.39 is 0 Å². The van der Waals surface area contributed by atoms with Crippen LogP contribution in [0.2, 0.25) is 0 Å². The standard InChI is InChI=1S/C19H22O2/c1-3-15(2)17-9-11-19(12-10-17)21-14-18(20)13-16-7-5-4-6-8-16/h4-12,15H,3,13-14H2,1-2H3. The Kier molecular flexibility index (Phi) is 5.56. The average molecular weight is 282 g/mol. The minimum absolute atomic E-state index is 0.0900. The lowest BCUT2D eigenvalue weighted by molar-refractivity contribution is -0.120. The molecular formula is C19H22O2. The van der Waals surface area contributed by atoms with Crippen molar-refractivity contribution in [3.8, 4) is 5.75 Å². The van der Waals surface area contributed by atoms with Crippen LogP contribution in [0, 0.1) is 0 Å². The van der Waals surface area contributed by atoms with Gasteiger partial charge in [-0.25, -0.2) is 0 Å². The van der Waals surface area contributed by atoms with Gasteiger partial charge in [-0.1, -0.05) is 56.3 Å². The Labute approximate surface area is 126 Å². The van der Waals surface area contributed by atoms with Crippen molar-refractivity contribution in [3.63, 3.8) is 0 Å². The van der Waals surface area contributed by atoms with Gasteiger partial charge in [-0.2, -0.15) is 0 Å². The van der Waals surface area contributed by atoms with Crippen molar-refractivity contribution in [2.75, 3.05) is 6.61 Å². The molecule has 2 rings (SSSR count). The van der Waals surface area contributed by atoms with Gasteiger partial charge in [-0.05, 0) is 35.6 Å². The highest BCUT2D eigenvalue weighted by atomic mass is 16.5. The van der Waals surface area contributed by atoms with Gasteiger partial charge in [0.1, 0.15) is 12.4 Å². The summed E-state index contributed by atoms with van der Waals surface area (Å²) in [4.78, 5) is 11.9. The third-order valence-electron chi connectivity index (χ3n) is 3.71. The highest BCUT2D eigenvalue weighted by Crippen LogP contribution is 2.21. The maximum absolute atomic E-state index is 11.9. The molecule has 2 nitrogen and oxygen atoms in total. The van der Waals surface area contributed by atoms with Crippen molar-refractivity contribution in [1.82, 2.24) is 0 Å². The number of rotatable bonds is 7. The zero-order valence-corrected chi connectivity index (χ0v) is 12.7. The molecule has 0 bridgehead atoms. The van der Waals surface area contributed by atoms with Crippen LogP contribution in [-0.4, -0.2) is 12.4 Å². The number of carbonyl (C=O) groups excluding carboxylic acids is 1. The molecule has 2 heteroatoms. The summed E-state index contributed by atoms with van der Waals surface area (Å²) in [5.41, 5.74) is 2.33. The molecule has 0 heterocycles. The number of carbonyl (C=O) groups is 1. The monoisotopic (exact) mass is 282 g/mol. The highest BCUT2D eigenvalue weighted by molar-refractivity contribution is 5.82. The Morgan fingerprint density at radius 1 is 1.05 bits per heavy atom. The first-order valence-corrected chi connectivity index (χ1v) is 7.47. The van der Waals surface area contributed by atoms with E-state index in [1.807, 2.05) is 42.5 Å². The summed E-state index contributed by atoms with van der Waals surface area (Å²) in [6.07, 6.45) is 1.54. The summed E-state index contributed by atoms with van der Waals surface area (Å²) in [6.45, 7) is 4.51. The molecule has 0 aliphatic carbocycles. The Hall–Kier alpha value is -2.09. The van der Waals surface area contributed by atoms with Gasteiger partial charge in [0.25, 0.3) is 0 Å². The first-order chi connectivity index (χ1) is 10.2. The normalized spacial score (nSPS) is 11.9. The van der Waals surface area contributed by atoms with Crippen molar-refractivity contribution in [2.24, 2.45) is 0 Å². The van der Waals surface area contributed by atoms with Crippen LogP contribution in [0.5, 0.6) is 5.75 Å². The third-order valence-corrected chi connectivity index (χ3v) is 3.71. The Bertz CT molecular complexity index is 558. The second kappa shape index (κ2) is 7.63. The van der Waals surface area contributed by atoms with Crippen LogP contribution in [0.25, 0.3) is 0 Å². The van der Waals surface area contributed by atoms with E-state index in [-0.39, 0.29) is 12.4 Å². The Morgan fingerprint density at radius 2 is 1.71 bits per heavy atom. The maximum atomic E-state index is 11.9. The minimum Gasteiger partial charge on any atom is -0.486 e. The fourth-order valence-corrected chi connectivity index (χ4v) is 2.17. The zero-order valence-electron chi connectivity index (χ0n) is 12.7. The molecule has 1 atom stereocenters. The molecule has 2 aromatic rings. The molecule has 0 N–H and O–H groups in total. The van der Waals surface area contributed by atoms with Crippen molar-refractivity contribution >= 4 is 5.78 Å². The average Bonchev–Trinajstić information content (AvgIpc) is 2.53. The number of hydrogen-bond donors (Lipinski definition) is 0. The molecule has 2 aromatic carbocycles. The Morgan fingerprint density at radius 3 is 2.33 bits per heavy atom. The molecule has 0 aromatic heterocycles. The Balaban J connectivity index is 1.84. The summed E-state index contributed by atoms with van der Waals surface area (Å²) >= 11 is 0. The molecule has 0 fully saturated rings. The van der Waals surface area contributed by atoms with Crippen LogP contribution in [0.3, 0.4) is 0 Å². The van der Waals surface area contributed by atoms with Crippen LogP contribution in [0.15, 0.2) is 54.6 Å².